The molecule has 2 N–H and O–H groups in total. The molecule has 1 aromatic rings. The third kappa shape index (κ3) is 5.67. The van der Waals surface area contributed by atoms with Gasteiger partial charge in [0, 0.05) is 6.04 Å². The Bertz CT molecular complexity index is 649. The average Bonchev–Trinajstić information content (AvgIpc) is 2.46. The second-order valence-electron chi connectivity index (χ2n) is 5.34. The first kappa shape index (κ1) is 19.7. The van der Waals surface area contributed by atoms with Gasteiger partial charge in [-0.3, -0.25) is 4.79 Å². The zero-order valence-electron chi connectivity index (χ0n) is 13.7. The third-order valence-electron chi connectivity index (χ3n) is 3.27. The van der Waals surface area contributed by atoms with Crippen LogP contribution in [0.4, 0.5) is 0 Å². The van der Waals surface area contributed by atoms with Gasteiger partial charge in [0.15, 0.2) is 0 Å². The van der Waals surface area contributed by atoms with Gasteiger partial charge in [-0.15, -0.1) is 0 Å². The van der Waals surface area contributed by atoms with Crippen LogP contribution in [0.25, 0.3) is 0 Å². The van der Waals surface area contributed by atoms with Crippen LogP contribution >= 0.6 is 11.6 Å². The van der Waals surface area contributed by atoms with E-state index in [4.69, 9.17) is 16.3 Å². The van der Waals surface area contributed by atoms with E-state index in [0.717, 1.165) is 12.8 Å². The number of hydrogen-bond donors (Lipinski definition) is 2. The zero-order valence-corrected chi connectivity index (χ0v) is 15.3. The van der Waals surface area contributed by atoms with E-state index in [1.165, 1.54) is 32.2 Å². The first-order valence-electron chi connectivity index (χ1n) is 7.37. The summed E-state index contributed by atoms with van der Waals surface area (Å²) in [6.07, 6.45) is 1.77. The fraction of sp³-hybridized carbons (Fsp3) is 0.533. The molecule has 0 aromatic heterocycles. The summed E-state index contributed by atoms with van der Waals surface area (Å²) in [6, 6.07) is 3.23. The summed E-state index contributed by atoms with van der Waals surface area (Å²) in [5.41, 5.74) is 0. The first-order chi connectivity index (χ1) is 10.7. The van der Waals surface area contributed by atoms with Crippen molar-refractivity contribution in [1.82, 2.24) is 10.0 Å². The molecule has 0 radical (unpaired) electrons. The van der Waals surface area contributed by atoms with Crippen LogP contribution in [-0.4, -0.2) is 33.5 Å². The van der Waals surface area contributed by atoms with Crippen molar-refractivity contribution in [2.24, 2.45) is 0 Å². The van der Waals surface area contributed by atoms with Gasteiger partial charge in [-0.2, -0.15) is 4.72 Å². The minimum atomic E-state index is -3.85. The Morgan fingerprint density at radius 1 is 1.35 bits per heavy atom. The molecule has 0 unspecified atom stereocenters. The van der Waals surface area contributed by atoms with E-state index in [2.05, 4.69) is 10.0 Å². The van der Waals surface area contributed by atoms with Gasteiger partial charge in [0.25, 0.3) is 0 Å². The fourth-order valence-electron chi connectivity index (χ4n) is 2.04. The second kappa shape index (κ2) is 8.52. The topological polar surface area (TPSA) is 84.5 Å². The van der Waals surface area contributed by atoms with Gasteiger partial charge < -0.3 is 10.1 Å². The molecule has 1 rings (SSSR count). The van der Waals surface area contributed by atoms with Gasteiger partial charge in [0.05, 0.1) is 23.1 Å². The molecule has 0 aliphatic heterocycles. The summed E-state index contributed by atoms with van der Waals surface area (Å²) in [6.45, 7) is 5.39. The highest BCUT2D eigenvalue weighted by molar-refractivity contribution is 7.89. The van der Waals surface area contributed by atoms with Crippen LogP contribution in [0.5, 0.6) is 5.75 Å². The summed E-state index contributed by atoms with van der Waals surface area (Å²) in [7, 11) is -2.41. The molecule has 1 aromatic carbocycles. The van der Waals surface area contributed by atoms with Gasteiger partial charge in [-0.05, 0) is 38.5 Å². The zero-order chi connectivity index (χ0) is 17.6. The number of halogens is 1. The minimum absolute atomic E-state index is 0.00474. The standard InChI is InChI=1S/C15H23ClN2O4S/c1-5-6-10(2)17-15(19)11(3)18-23(20,21)12-7-8-14(22-4)13(16)9-12/h7-11,18H,5-6H2,1-4H3,(H,17,19)/t10-,11-/m1/s1. The van der Waals surface area contributed by atoms with Crippen LogP contribution in [0.1, 0.15) is 33.6 Å². The minimum Gasteiger partial charge on any atom is -0.495 e. The maximum Gasteiger partial charge on any atom is 0.241 e. The van der Waals surface area contributed by atoms with Crippen molar-refractivity contribution in [2.75, 3.05) is 7.11 Å². The third-order valence-corrected chi connectivity index (χ3v) is 5.10. The Hall–Kier alpha value is -1.31. The van der Waals surface area contributed by atoms with Gasteiger partial charge in [-0.25, -0.2) is 8.42 Å². The number of carbonyl (C=O) groups excluding carboxylic acids is 1. The number of hydrogen-bond acceptors (Lipinski definition) is 4. The number of amides is 1. The number of benzene rings is 1. The molecule has 0 heterocycles. The lowest BCUT2D eigenvalue weighted by molar-refractivity contribution is -0.123. The van der Waals surface area contributed by atoms with Crippen molar-refractivity contribution in [2.45, 2.75) is 50.6 Å². The molecule has 0 saturated heterocycles. The molecule has 6 nitrogen and oxygen atoms in total. The predicted molar refractivity (Wildman–Crippen MR) is 90.3 cm³/mol. The highest BCUT2D eigenvalue weighted by atomic mass is 35.5. The largest absolute Gasteiger partial charge is 0.495 e. The summed E-state index contributed by atoms with van der Waals surface area (Å²) in [4.78, 5) is 12.0. The Morgan fingerprint density at radius 3 is 2.52 bits per heavy atom. The highest BCUT2D eigenvalue weighted by Crippen LogP contribution is 2.26. The number of carbonyl (C=O) groups is 1. The van der Waals surface area contributed by atoms with Gasteiger partial charge in [-0.1, -0.05) is 24.9 Å². The quantitative estimate of drug-likeness (QED) is 0.743. The SMILES string of the molecule is CCC[C@@H](C)NC(=O)[C@@H](C)NS(=O)(=O)c1ccc(OC)c(Cl)c1. The molecule has 1 amide bonds. The predicted octanol–water partition coefficient (Wildman–Crippen LogP) is 2.32. The number of methoxy groups -OCH3 is 1. The van der Waals surface area contributed by atoms with Crippen molar-refractivity contribution in [3.05, 3.63) is 23.2 Å². The Kier molecular flexibility index (Phi) is 7.31. The van der Waals surface area contributed by atoms with E-state index >= 15 is 0 Å². The Morgan fingerprint density at radius 2 is 2.00 bits per heavy atom. The number of ether oxygens (including phenoxy) is 1. The van der Waals surface area contributed by atoms with Crippen molar-refractivity contribution in [3.8, 4) is 5.75 Å². The van der Waals surface area contributed by atoms with E-state index in [-0.39, 0.29) is 21.9 Å². The number of rotatable bonds is 8. The molecular weight excluding hydrogens is 340 g/mol. The summed E-state index contributed by atoms with van der Waals surface area (Å²) in [5.74, 6) is 0.0129. The number of nitrogens with one attached hydrogen (secondary N) is 2. The maximum absolute atomic E-state index is 12.3. The normalized spacial score (nSPS) is 14.1. The average molecular weight is 363 g/mol. The van der Waals surface area contributed by atoms with Gasteiger partial charge >= 0.3 is 0 Å². The van der Waals surface area contributed by atoms with E-state index in [9.17, 15) is 13.2 Å². The lowest BCUT2D eigenvalue weighted by Gasteiger charge is -2.18. The molecule has 0 aliphatic rings. The van der Waals surface area contributed by atoms with Crippen LogP contribution in [0.3, 0.4) is 0 Å². The maximum atomic E-state index is 12.3. The molecule has 0 aliphatic carbocycles. The monoisotopic (exact) mass is 362 g/mol. The van der Waals surface area contributed by atoms with Crippen molar-refractivity contribution in [1.29, 1.82) is 0 Å². The lowest BCUT2D eigenvalue weighted by Crippen LogP contribution is -2.47. The van der Waals surface area contributed by atoms with Crippen LogP contribution in [0.15, 0.2) is 23.1 Å². The van der Waals surface area contributed by atoms with Crippen LogP contribution < -0.4 is 14.8 Å². The highest BCUT2D eigenvalue weighted by Gasteiger charge is 2.23. The molecule has 130 valence electrons. The summed E-state index contributed by atoms with van der Waals surface area (Å²) < 4.78 is 32.0. The van der Waals surface area contributed by atoms with Gasteiger partial charge in [0.2, 0.25) is 15.9 Å². The smallest absolute Gasteiger partial charge is 0.241 e. The van der Waals surface area contributed by atoms with E-state index in [0.29, 0.717) is 5.75 Å². The molecule has 0 fully saturated rings. The molecular formula is C15H23ClN2O4S. The van der Waals surface area contributed by atoms with Crippen molar-refractivity contribution >= 4 is 27.5 Å². The molecule has 23 heavy (non-hydrogen) atoms. The summed E-state index contributed by atoms with van der Waals surface area (Å²) in [5, 5.41) is 2.96. The van der Waals surface area contributed by atoms with Crippen molar-refractivity contribution in [3.63, 3.8) is 0 Å². The Balaban J connectivity index is 2.81. The van der Waals surface area contributed by atoms with Crippen LogP contribution in [0.2, 0.25) is 5.02 Å². The fourth-order valence-corrected chi connectivity index (χ4v) is 3.59. The van der Waals surface area contributed by atoms with Crippen LogP contribution in [-0.2, 0) is 14.8 Å². The van der Waals surface area contributed by atoms with E-state index in [1.807, 2.05) is 13.8 Å². The van der Waals surface area contributed by atoms with E-state index in [1.54, 1.807) is 0 Å². The van der Waals surface area contributed by atoms with Gasteiger partial charge in [0.1, 0.15) is 5.75 Å². The molecule has 0 bridgehead atoms. The lowest BCUT2D eigenvalue weighted by atomic mass is 10.2. The van der Waals surface area contributed by atoms with Crippen molar-refractivity contribution < 1.29 is 17.9 Å². The second-order valence-corrected chi connectivity index (χ2v) is 7.46. The molecule has 8 heteroatoms. The van der Waals surface area contributed by atoms with Crippen LogP contribution in [0, 0.1) is 0 Å². The molecule has 0 spiro atoms. The molecule has 0 saturated carbocycles. The first-order valence-corrected chi connectivity index (χ1v) is 9.23. The molecule has 2 atom stereocenters. The Labute approximate surface area is 142 Å². The summed E-state index contributed by atoms with van der Waals surface area (Å²) >= 11 is 5.94. The van der Waals surface area contributed by atoms with E-state index < -0.39 is 16.1 Å². The number of sulfonamides is 1.